The van der Waals surface area contributed by atoms with Crippen molar-refractivity contribution in [2.24, 2.45) is 5.73 Å². The van der Waals surface area contributed by atoms with E-state index < -0.39 is 6.04 Å². The molecule has 0 aliphatic carbocycles. The summed E-state index contributed by atoms with van der Waals surface area (Å²) in [4.78, 5) is 4.15. The molecule has 0 saturated carbocycles. The minimum atomic E-state index is -0.466. The Balaban J connectivity index is 1.67. The van der Waals surface area contributed by atoms with Gasteiger partial charge in [0.15, 0.2) is 11.5 Å². The third kappa shape index (κ3) is 3.10. The minimum absolute atomic E-state index is 0.251. The molecule has 0 bridgehead atoms. The molecule has 2 heterocycles. The molecule has 1 aliphatic heterocycles. The minimum Gasteiger partial charge on any atom is -0.493 e. The summed E-state index contributed by atoms with van der Waals surface area (Å²) < 4.78 is 12.8. The Kier molecular flexibility index (Phi) is 4.56. The van der Waals surface area contributed by atoms with Crippen LogP contribution in [0.4, 0.5) is 5.95 Å². The Morgan fingerprint density at radius 2 is 2.04 bits per heavy atom. The first-order valence-corrected chi connectivity index (χ1v) is 8.62. The normalized spacial score (nSPS) is 15.4. The maximum Gasteiger partial charge on any atom is 0.228 e. The van der Waals surface area contributed by atoms with Gasteiger partial charge in [-0.2, -0.15) is 20.0 Å². The molecule has 28 heavy (non-hydrogen) atoms. The van der Waals surface area contributed by atoms with Gasteiger partial charge in [0.25, 0.3) is 0 Å². The summed E-state index contributed by atoms with van der Waals surface area (Å²) in [5.41, 5.74) is 8.33. The van der Waals surface area contributed by atoms with Crippen LogP contribution in [0, 0.1) is 11.3 Å². The van der Waals surface area contributed by atoms with Gasteiger partial charge in [-0.15, -0.1) is 0 Å². The van der Waals surface area contributed by atoms with Gasteiger partial charge in [0.1, 0.15) is 24.8 Å². The van der Waals surface area contributed by atoms with Crippen molar-refractivity contribution in [3.05, 3.63) is 71.6 Å². The number of nitrogens with one attached hydrogen (secondary N) is 1. The number of anilines is 1. The fourth-order valence-electron chi connectivity index (χ4n) is 3.07. The second-order valence-electron chi connectivity index (χ2n) is 6.17. The van der Waals surface area contributed by atoms with Gasteiger partial charge in [-0.3, -0.25) is 0 Å². The summed E-state index contributed by atoms with van der Waals surface area (Å²) in [6.07, 6.45) is 1.38. The lowest BCUT2D eigenvalue weighted by molar-refractivity contribution is 0.284. The molecule has 1 aromatic heterocycles. The first-order valence-electron chi connectivity index (χ1n) is 8.62. The highest BCUT2D eigenvalue weighted by atomic mass is 16.5. The van der Waals surface area contributed by atoms with E-state index in [0.29, 0.717) is 29.6 Å². The second kappa shape index (κ2) is 7.32. The molecular formula is C20H18N6O2. The zero-order valence-electron chi connectivity index (χ0n) is 15.2. The maximum atomic E-state index is 9.63. The molecular weight excluding hydrogens is 356 g/mol. The van der Waals surface area contributed by atoms with E-state index >= 15 is 0 Å². The third-order valence-electron chi connectivity index (χ3n) is 4.49. The standard InChI is InChI=1S/C20H18N6O2/c1-27-16-8-7-14(9-17(16)28-11-13-5-3-2-4-6-13)18-15(10-21)19(22)26-20(25-18)23-12-24-26/h2-9,12,18H,11,22H2,1H3,(H,23,24,25)/t18-/m1/s1. The van der Waals surface area contributed by atoms with Crippen LogP contribution in [0.5, 0.6) is 11.5 Å². The molecule has 0 unspecified atom stereocenters. The number of nitrogens with zero attached hydrogens (tertiary/aromatic N) is 4. The largest absolute Gasteiger partial charge is 0.493 e. The molecule has 1 aliphatic rings. The van der Waals surface area contributed by atoms with Gasteiger partial charge in [0.2, 0.25) is 5.95 Å². The second-order valence-corrected chi connectivity index (χ2v) is 6.17. The van der Waals surface area contributed by atoms with E-state index in [1.807, 2.05) is 48.5 Å². The highest BCUT2D eigenvalue weighted by Crippen LogP contribution is 2.37. The quantitative estimate of drug-likeness (QED) is 0.706. The highest BCUT2D eigenvalue weighted by Gasteiger charge is 2.29. The van der Waals surface area contributed by atoms with Crippen LogP contribution in [0.15, 0.2) is 60.4 Å². The molecule has 3 aromatic rings. The van der Waals surface area contributed by atoms with Gasteiger partial charge in [0, 0.05) is 0 Å². The average Bonchev–Trinajstić information content (AvgIpc) is 3.22. The number of ether oxygens (including phenoxy) is 2. The van der Waals surface area contributed by atoms with E-state index in [-0.39, 0.29) is 5.82 Å². The Hall–Kier alpha value is -3.99. The summed E-state index contributed by atoms with van der Waals surface area (Å²) in [7, 11) is 1.59. The predicted molar refractivity (Wildman–Crippen MR) is 103 cm³/mol. The molecule has 1 atom stereocenters. The number of methoxy groups -OCH3 is 1. The zero-order chi connectivity index (χ0) is 19.5. The lowest BCUT2D eigenvalue weighted by Gasteiger charge is -2.26. The molecule has 3 N–H and O–H groups in total. The Morgan fingerprint density at radius 1 is 1.21 bits per heavy atom. The summed E-state index contributed by atoms with van der Waals surface area (Å²) in [5.74, 6) is 1.91. The van der Waals surface area contributed by atoms with Crippen LogP contribution in [-0.2, 0) is 6.61 Å². The topological polar surface area (TPSA) is 111 Å². The zero-order valence-corrected chi connectivity index (χ0v) is 15.2. The van der Waals surface area contributed by atoms with Crippen molar-refractivity contribution in [2.45, 2.75) is 12.6 Å². The first-order chi connectivity index (χ1) is 13.7. The molecule has 4 rings (SSSR count). The highest BCUT2D eigenvalue weighted by molar-refractivity contribution is 5.65. The van der Waals surface area contributed by atoms with E-state index in [1.54, 1.807) is 7.11 Å². The van der Waals surface area contributed by atoms with Gasteiger partial charge >= 0.3 is 0 Å². The van der Waals surface area contributed by atoms with Crippen LogP contribution in [-0.4, -0.2) is 21.9 Å². The van der Waals surface area contributed by atoms with Crippen LogP contribution in [0.3, 0.4) is 0 Å². The van der Waals surface area contributed by atoms with Crippen molar-refractivity contribution in [1.29, 1.82) is 5.26 Å². The summed E-state index contributed by atoms with van der Waals surface area (Å²) in [5, 5.41) is 16.9. The maximum absolute atomic E-state index is 9.63. The Morgan fingerprint density at radius 3 is 2.79 bits per heavy atom. The van der Waals surface area contributed by atoms with Crippen molar-refractivity contribution >= 4 is 11.8 Å². The fourth-order valence-corrected chi connectivity index (χ4v) is 3.07. The number of fused-ring (bicyclic) bond motifs is 1. The summed E-state index contributed by atoms with van der Waals surface area (Å²) in [6.45, 7) is 0.399. The molecule has 8 nitrogen and oxygen atoms in total. The SMILES string of the molecule is COc1ccc([C@H]2Nc3ncnn3C(N)=C2C#N)cc1OCc1ccccc1. The molecule has 0 amide bonds. The van der Waals surface area contributed by atoms with Crippen molar-refractivity contribution in [3.8, 4) is 17.6 Å². The average molecular weight is 374 g/mol. The van der Waals surface area contributed by atoms with E-state index in [2.05, 4.69) is 21.5 Å². The number of benzene rings is 2. The molecule has 8 heteroatoms. The fraction of sp³-hybridized carbons (Fsp3) is 0.150. The molecule has 0 radical (unpaired) electrons. The molecule has 140 valence electrons. The Bertz CT molecular complexity index is 1070. The Labute approximate surface area is 161 Å². The van der Waals surface area contributed by atoms with Gasteiger partial charge in [0.05, 0.1) is 18.7 Å². The molecule has 0 spiro atoms. The van der Waals surface area contributed by atoms with Crippen molar-refractivity contribution in [3.63, 3.8) is 0 Å². The van der Waals surface area contributed by atoms with Crippen molar-refractivity contribution in [1.82, 2.24) is 14.8 Å². The van der Waals surface area contributed by atoms with Gasteiger partial charge in [-0.25, -0.2) is 0 Å². The number of hydrogen-bond donors (Lipinski definition) is 2. The number of nitriles is 1. The van der Waals surface area contributed by atoms with Crippen LogP contribution in [0.25, 0.3) is 5.82 Å². The van der Waals surface area contributed by atoms with Gasteiger partial charge in [-0.05, 0) is 23.3 Å². The number of nitrogens with two attached hydrogens (primary N) is 1. The smallest absolute Gasteiger partial charge is 0.228 e. The summed E-state index contributed by atoms with van der Waals surface area (Å²) in [6, 6.07) is 17.1. The van der Waals surface area contributed by atoms with Gasteiger partial charge < -0.3 is 20.5 Å². The lowest BCUT2D eigenvalue weighted by atomic mass is 9.98. The lowest BCUT2D eigenvalue weighted by Crippen LogP contribution is -2.27. The van der Waals surface area contributed by atoms with E-state index in [0.717, 1.165) is 11.1 Å². The number of rotatable bonds is 5. The number of aromatic nitrogens is 3. The van der Waals surface area contributed by atoms with Crippen LogP contribution >= 0.6 is 0 Å². The van der Waals surface area contributed by atoms with Crippen molar-refractivity contribution in [2.75, 3.05) is 12.4 Å². The molecule has 0 saturated heterocycles. The van der Waals surface area contributed by atoms with Gasteiger partial charge in [-0.1, -0.05) is 36.4 Å². The molecule has 2 aromatic carbocycles. The number of hydrogen-bond acceptors (Lipinski definition) is 7. The molecule has 0 fully saturated rings. The van der Waals surface area contributed by atoms with Crippen LogP contribution in [0.1, 0.15) is 17.2 Å². The van der Waals surface area contributed by atoms with Crippen LogP contribution in [0.2, 0.25) is 0 Å². The van der Waals surface area contributed by atoms with Crippen LogP contribution < -0.4 is 20.5 Å². The summed E-state index contributed by atoms with van der Waals surface area (Å²) >= 11 is 0. The predicted octanol–water partition coefficient (Wildman–Crippen LogP) is 2.68. The van der Waals surface area contributed by atoms with Crippen molar-refractivity contribution < 1.29 is 9.47 Å². The first kappa shape index (κ1) is 17.4. The van der Waals surface area contributed by atoms with E-state index in [9.17, 15) is 5.26 Å². The van der Waals surface area contributed by atoms with E-state index in [1.165, 1.54) is 11.0 Å². The monoisotopic (exact) mass is 374 g/mol. The van der Waals surface area contributed by atoms with E-state index in [4.69, 9.17) is 15.2 Å². The third-order valence-corrected chi connectivity index (χ3v) is 4.49.